The maximum Gasteiger partial charge on any atom is 0.256 e. The number of nitrogens with two attached hydrogens (primary N) is 1. The second-order valence-corrected chi connectivity index (χ2v) is 11.2. The zero-order valence-corrected chi connectivity index (χ0v) is 24.9. The van der Waals surface area contributed by atoms with Crippen molar-refractivity contribution in [2.75, 3.05) is 18.4 Å². The van der Waals surface area contributed by atoms with E-state index in [1.165, 1.54) is 11.8 Å². The largest absolute Gasteiger partial charge is 0.370 e. The molecule has 1 saturated heterocycles. The fourth-order valence-corrected chi connectivity index (χ4v) is 6.12. The van der Waals surface area contributed by atoms with Crippen LogP contribution in [-0.2, 0) is 19.2 Å². The summed E-state index contributed by atoms with van der Waals surface area (Å²) in [5.41, 5.74) is 3.74. The number of nitrogens with one attached hydrogen (secondary N) is 3. The van der Waals surface area contributed by atoms with Gasteiger partial charge in [0.1, 0.15) is 18.1 Å². The van der Waals surface area contributed by atoms with Crippen molar-refractivity contribution in [1.82, 2.24) is 20.1 Å². The van der Waals surface area contributed by atoms with Crippen LogP contribution in [0.1, 0.15) is 64.7 Å². The third kappa shape index (κ3) is 7.36. The second kappa shape index (κ2) is 14.9. The van der Waals surface area contributed by atoms with Crippen molar-refractivity contribution in [2.24, 2.45) is 5.73 Å². The van der Waals surface area contributed by atoms with Gasteiger partial charge in [0, 0.05) is 30.7 Å². The lowest BCUT2D eigenvalue weighted by atomic mass is 9.91. The Balaban J connectivity index is 0.00000484. The number of amides is 2. The van der Waals surface area contributed by atoms with Crippen LogP contribution in [0.25, 0.3) is 10.8 Å². The zero-order valence-electron chi connectivity index (χ0n) is 24.1. The number of carbonyl (C=O) groups excluding carboxylic acids is 4. The van der Waals surface area contributed by atoms with Crippen molar-refractivity contribution in [2.45, 2.75) is 88.4 Å². The molecule has 0 bridgehead atoms. The molecule has 0 spiro atoms. The number of rotatable bonds is 12. The molecule has 228 valence electrons. The number of likely N-dealkylation sites (tertiary alicyclic amines) is 1. The van der Waals surface area contributed by atoms with Crippen molar-refractivity contribution >= 4 is 59.3 Å². The van der Waals surface area contributed by atoms with Crippen LogP contribution in [-0.4, -0.2) is 81.9 Å². The summed E-state index contributed by atoms with van der Waals surface area (Å²) in [6.45, 7) is 2.28. The number of fused-ring (bicyclic) bond motifs is 1. The van der Waals surface area contributed by atoms with Gasteiger partial charge in [0.2, 0.25) is 5.91 Å². The highest BCUT2D eigenvalue weighted by atomic mass is 35.5. The minimum atomic E-state index is -1.64. The van der Waals surface area contributed by atoms with E-state index in [1.54, 1.807) is 11.1 Å². The molecule has 4 rings (SSSR count). The third-order valence-electron chi connectivity index (χ3n) is 8.26. The lowest BCUT2D eigenvalue weighted by molar-refractivity contribution is -0.151. The number of aldehydes is 2. The number of guanidine groups is 1. The minimum absolute atomic E-state index is 0. The van der Waals surface area contributed by atoms with Gasteiger partial charge in [0.25, 0.3) is 5.91 Å². The summed E-state index contributed by atoms with van der Waals surface area (Å²) in [4.78, 5) is 60.6. The molecule has 1 saturated carbocycles. The SMILES string of the molecule is C[C@](C=O)(Nc1nccc2ccccc12)C(=O)N1CCC[C@H]1C(=O)N(C1CCCCC1)[C@H](C=O)CCCNC(=N)N.Cl. The average Bonchev–Trinajstić information content (AvgIpc) is 3.48. The van der Waals surface area contributed by atoms with Crippen LogP contribution < -0.4 is 16.4 Å². The van der Waals surface area contributed by atoms with Crippen LogP contribution in [0.5, 0.6) is 0 Å². The van der Waals surface area contributed by atoms with E-state index in [9.17, 15) is 19.2 Å². The lowest BCUT2D eigenvalue weighted by Crippen LogP contribution is -2.60. The molecule has 12 heteroatoms. The first-order chi connectivity index (χ1) is 19.8. The monoisotopic (exact) mass is 599 g/mol. The van der Waals surface area contributed by atoms with Gasteiger partial charge in [-0.25, -0.2) is 4.98 Å². The number of nitrogens with zero attached hydrogens (tertiary/aromatic N) is 3. The Bertz CT molecular complexity index is 1270. The first-order valence-electron chi connectivity index (χ1n) is 14.5. The molecule has 1 aromatic heterocycles. The number of pyridine rings is 1. The average molecular weight is 600 g/mol. The van der Waals surface area contributed by atoms with E-state index >= 15 is 0 Å². The molecule has 5 N–H and O–H groups in total. The summed E-state index contributed by atoms with van der Waals surface area (Å²) >= 11 is 0. The molecular formula is C30H42ClN7O4. The Labute approximate surface area is 252 Å². The molecule has 1 aliphatic heterocycles. The van der Waals surface area contributed by atoms with E-state index in [0.717, 1.165) is 49.2 Å². The second-order valence-electron chi connectivity index (χ2n) is 11.2. The van der Waals surface area contributed by atoms with Crippen molar-refractivity contribution < 1.29 is 19.2 Å². The summed E-state index contributed by atoms with van der Waals surface area (Å²) in [6.07, 6.45) is 9.75. The Morgan fingerprint density at radius 3 is 2.60 bits per heavy atom. The van der Waals surface area contributed by atoms with Gasteiger partial charge in [0.05, 0.1) is 6.04 Å². The van der Waals surface area contributed by atoms with Gasteiger partial charge in [-0.05, 0) is 56.9 Å². The quantitative estimate of drug-likeness (QED) is 0.0951. The molecule has 2 aliphatic rings. The third-order valence-corrected chi connectivity index (χ3v) is 8.26. The molecule has 1 aromatic carbocycles. The fourth-order valence-electron chi connectivity index (χ4n) is 6.12. The van der Waals surface area contributed by atoms with E-state index < -0.39 is 23.5 Å². The Morgan fingerprint density at radius 1 is 1.17 bits per heavy atom. The molecule has 2 aromatic rings. The molecule has 0 unspecified atom stereocenters. The van der Waals surface area contributed by atoms with E-state index in [2.05, 4.69) is 15.6 Å². The molecule has 2 fully saturated rings. The van der Waals surface area contributed by atoms with Gasteiger partial charge >= 0.3 is 0 Å². The van der Waals surface area contributed by atoms with E-state index in [1.807, 2.05) is 30.3 Å². The molecule has 42 heavy (non-hydrogen) atoms. The number of aromatic nitrogens is 1. The molecular weight excluding hydrogens is 558 g/mol. The van der Waals surface area contributed by atoms with Gasteiger partial charge in [-0.1, -0.05) is 43.5 Å². The van der Waals surface area contributed by atoms with Crippen molar-refractivity contribution in [1.29, 1.82) is 5.41 Å². The summed E-state index contributed by atoms with van der Waals surface area (Å²) in [5, 5.41) is 14.9. The molecule has 1 aliphatic carbocycles. The number of benzene rings is 1. The predicted molar refractivity (Wildman–Crippen MR) is 165 cm³/mol. The van der Waals surface area contributed by atoms with Crippen LogP contribution in [0.4, 0.5) is 5.82 Å². The maximum absolute atomic E-state index is 14.2. The fraction of sp³-hybridized carbons (Fsp3) is 0.533. The van der Waals surface area contributed by atoms with Gasteiger partial charge in [-0.15, -0.1) is 12.4 Å². The van der Waals surface area contributed by atoms with Crippen LogP contribution >= 0.6 is 12.4 Å². The smallest absolute Gasteiger partial charge is 0.256 e. The van der Waals surface area contributed by atoms with Crippen LogP contribution in [0, 0.1) is 5.41 Å². The number of hydrogen-bond donors (Lipinski definition) is 4. The first-order valence-corrected chi connectivity index (χ1v) is 14.5. The van der Waals surface area contributed by atoms with E-state index in [0.29, 0.717) is 50.9 Å². The summed E-state index contributed by atoms with van der Waals surface area (Å²) in [6, 6.07) is 7.93. The number of halogens is 1. The van der Waals surface area contributed by atoms with Crippen LogP contribution in [0.15, 0.2) is 36.5 Å². The van der Waals surface area contributed by atoms with Gasteiger partial charge in [-0.3, -0.25) is 15.0 Å². The summed E-state index contributed by atoms with van der Waals surface area (Å²) < 4.78 is 0. The predicted octanol–water partition coefficient (Wildman–Crippen LogP) is 3.01. The zero-order chi connectivity index (χ0) is 29.4. The van der Waals surface area contributed by atoms with E-state index in [4.69, 9.17) is 11.1 Å². The molecule has 2 heterocycles. The van der Waals surface area contributed by atoms with Gasteiger partial charge in [-0.2, -0.15) is 0 Å². The van der Waals surface area contributed by atoms with E-state index in [-0.39, 0.29) is 30.3 Å². The van der Waals surface area contributed by atoms with Crippen LogP contribution in [0.3, 0.4) is 0 Å². The maximum atomic E-state index is 14.2. The van der Waals surface area contributed by atoms with Crippen molar-refractivity contribution in [3.63, 3.8) is 0 Å². The highest BCUT2D eigenvalue weighted by Gasteiger charge is 2.46. The number of hydrogen-bond acceptors (Lipinski definition) is 7. The first kappa shape index (κ1) is 32.8. The van der Waals surface area contributed by atoms with Gasteiger partial charge in [0.15, 0.2) is 17.8 Å². The van der Waals surface area contributed by atoms with Crippen molar-refractivity contribution in [3.05, 3.63) is 36.5 Å². The summed E-state index contributed by atoms with van der Waals surface area (Å²) in [7, 11) is 0. The molecule has 0 radical (unpaired) electrons. The molecule has 3 atom stereocenters. The van der Waals surface area contributed by atoms with Gasteiger partial charge < -0.3 is 35.8 Å². The number of carbonyl (C=O) groups is 4. The Kier molecular flexibility index (Phi) is 11.7. The number of anilines is 1. The normalized spacial score (nSPS) is 19.2. The van der Waals surface area contributed by atoms with Crippen LogP contribution in [0.2, 0.25) is 0 Å². The van der Waals surface area contributed by atoms with Crippen molar-refractivity contribution in [3.8, 4) is 0 Å². The molecule has 11 nitrogen and oxygen atoms in total. The summed E-state index contributed by atoms with van der Waals surface area (Å²) in [5.74, 6) is -0.457. The highest BCUT2D eigenvalue weighted by Crippen LogP contribution is 2.31. The standard InChI is InChI=1S/C30H41N7O4.ClH/c1-30(20-39,35-26-24-13-6-5-9-21(24)15-17-33-26)28(41)36-18-8-14-25(36)27(40)37(22-10-3-2-4-11-22)23(19-38)12-7-16-34-29(31)32;/h5-6,9,13,15,17,19-20,22-23,25H,2-4,7-8,10-12,14,16,18H2,1H3,(H,33,35)(H4,31,32,34);1H/t23-,25-,30+;/m0./s1. The highest BCUT2D eigenvalue weighted by molar-refractivity contribution is 6.07. The minimum Gasteiger partial charge on any atom is -0.370 e. The molecule has 2 amide bonds. The Hall–Kier alpha value is -3.73. The lowest BCUT2D eigenvalue weighted by Gasteiger charge is -2.41. The Morgan fingerprint density at radius 2 is 1.90 bits per heavy atom. The topological polar surface area (TPSA) is 162 Å².